The summed E-state index contributed by atoms with van der Waals surface area (Å²) in [4.78, 5) is 15.9. The summed E-state index contributed by atoms with van der Waals surface area (Å²) in [5.74, 6) is 0.475. The van der Waals surface area contributed by atoms with Crippen LogP contribution >= 0.6 is 0 Å². The largest absolute Gasteiger partial charge is 0.494 e. The Morgan fingerprint density at radius 2 is 2.25 bits per heavy atom. The molecule has 1 aromatic carbocycles. The zero-order valence-electron chi connectivity index (χ0n) is 11.5. The normalized spacial score (nSPS) is 10.5. The highest BCUT2D eigenvalue weighted by Crippen LogP contribution is 2.30. The number of ether oxygens (including phenoxy) is 2. The lowest BCUT2D eigenvalue weighted by atomic mass is 10.2. The first-order chi connectivity index (χ1) is 9.62. The van der Waals surface area contributed by atoms with Gasteiger partial charge in [-0.05, 0) is 18.6 Å². The molecule has 2 N–H and O–H groups in total. The number of aromatic nitrogens is 2. The lowest BCUT2D eigenvalue weighted by molar-refractivity contribution is 0.0600. The number of hydrogen-bond donors (Lipinski definition) is 1. The second-order valence-corrected chi connectivity index (χ2v) is 4.24. The summed E-state index contributed by atoms with van der Waals surface area (Å²) in [5.41, 5.74) is 7.67. The Morgan fingerprint density at radius 1 is 1.50 bits per heavy atom. The van der Waals surface area contributed by atoms with Gasteiger partial charge in [0.05, 0.1) is 25.3 Å². The number of anilines is 1. The zero-order valence-corrected chi connectivity index (χ0v) is 11.5. The Balaban J connectivity index is 2.64. The van der Waals surface area contributed by atoms with Gasteiger partial charge in [-0.15, -0.1) is 6.58 Å². The van der Waals surface area contributed by atoms with Crippen LogP contribution in [0.25, 0.3) is 11.0 Å². The summed E-state index contributed by atoms with van der Waals surface area (Å²) in [6.45, 7) is 4.35. The van der Waals surface area contributed by atoms with Crippen LogP contribution < -0.4 is 10.5 Å². The van der Waals surface area contributed by atoms with Crippen molar-refractivity contribution in [2.75, 3.05) is 20.0 Å². The summed E-state index contributed by atoms with van der Waals surface area (Å²) in [6.07, 6.45) is 2.57. The molecule has 0 unspecified atom stereocenters. The highest BCUT2D eigenvalue weighted by Gasteiger charge is 2.17. The van der Waals surface area contributed by atoms with Crippen LogP contribution in [0.4, 0.5) is 5.95 Å². The molecule has 0 amide bonds. The second kappa shape index (κ2) is 5.64. The maximum Gasteiger partial charge on any atom is 0.338 e. The topological polar surface area (TPSA) is 79.4 Å². The molecule has 0 spiro atoms. The van der Waals surface area contributed by atoms with Crippen molar-refractivity contribution in [3.8, 4) is 5.75 Å². The number of fused-ring (bicyclic) bond motifs is 1. The SMILES string of the molecule is C=CCCn1c(N)nc2cc(C(=O)OC)cc(OC)c21. The Hall–Kier alpha value is -2.50. The van der Waals surface area contributed by atoms with Crippen LogP contribution in [0.2, 0.25) is 0 Å². The molecule has 0 aliphatic carbocycles. The fraction of sp³-hybridized carbons (Fsp3) is 0.286. The van der Waals surface area contributed by atoms with Gasteiger partial charge in [0.15, 0.2) is 0 Å². The highest BCUT2D eigenvalue weighted by molar-refractivity contribution is 5.96. The van der Waals surface area contributed by atoms with Crippen molar-refractivity contribution in [1.29, 1.82) is 0 Å². The van der Waals surface area contributed by atoms with Gasteiger partial charge in [0, 0.05) is 6.54 Å². The summed E-state index contributed by atoms with van der Waals surface area (Å²) in [6, 6.07) is 3.27. The second-order valence-electron chi connectivity index (χ2n) is 4.24. The Kier molecular flexibility index (Phi) is 3.93. The molecule has 0 atom stereocenters. The van der Waals surface area contributed by atoms with E-state index in [1.165, 1.54) is 14.2 Å². The van der Waals surface area contributed by atoms with Gasteiger partial charge in [-0.3, -0.25) is 0 Å². The molecular formula is C14H17N3O3. The maximum absolute atomic E-state index is 11.6. The van der Waals surface area contributed by atoms with Crippen LogP contribution in [0.5, 0.6) is 5.75 Å². The van der Waals surface area contributed by atoms with E-state index < -0.39 is 5.97 Å². The van der Waals surface area contributed by atoms with Gasteiger partial charge in [-0.1, -0.05) is 6.08 Å². The molecule has 0 saturated heterocycles. The molecule has 2 aromatic rings. The van der Waals surface area contributed by atoms with E-state index in [0.29, 0.717) is 29.3 Å². The molecule has 6 heteroatoms. The quantitative estimate of drug-likeness (QED) is 0.666. The van der Waals surface area contributed by atoms with Gasteiger partial charge in [0.1, 0.15) is 11.3 Å². The summed E-state index contributed by atoms with van der Waals surface area (Å²) >= 11 is 0. The number of esters is 1. The average Bonchev–Trinajstić information content (AvgIpc) is 2.78. The molecule has 0 aliphatic rings. The monoisotopic (exact) mass is 275 g/mol. The first-order valence-electron chi connectivity index (χ1n) is 6.15. The average molecular weight is 275 g/mol. The minimum absolute atomic E-state index is 0.377. The lowest BCUT2D eigenvalue weighted by Gasteiger charge is -2.09. The molecule has 1 heterocycles. The van der Waals surface area contributed by atoms with E-state index in [-0.39, 0.29) is 0 Å². The molecule has 0 radical (unpaired) electrons. The van der Waals surface area contributed by atoms with E-state index in [1.54, 1.807) is 18.2 Å². The van der Waals surface area contributed by atoms with Crippen LogP contribution in [-0.4, -0.2) is 29.7 Å². The number of carbonyl (C=O) groups is 1. The summed E-state index contributed by atoms with van der Waals surface area (Å²) < 4.78 is 11.9. The standard InChI is InChI=1S/C14H17N3O3/c1-4-5-6-17-12-10(16-14(17)15)7-9(13(18)20-3)8-11(12)19-2/h4,7-8H,1,5-6H2,2-3H3,(H2,15,16). The Labute approximate surface area is 116 Å². The van der Waals surface area contributed by atoms with Crippen LogP contribution in [-0.2, 0) is 11.3 Å². The van der Waals surface area contributed by atoms with E-state index in [2.05, 4.69) is 11.6 Å². The Bertz CT molecular complexity index is 661. The first-order valence-corrected chi connectivity index (χ1v) is 6.15. The van der Waals surface area contributed by atoms with Crippen molar-refractivity contribution in [2.45, 2.75) is 13.0 Å². The number of nitrogens with zero attached hydrogens (tertiary/aromatic N) is 2. The number of imidazole rings is 1. The summed E-state index contributed by atoms with van der Waals surface area (Å²) in [5, 5.41) is 0. The minimum Gasteiger partial charge on any atom is -0.494 e. The molecule has 1 aromatic heterocycles. The van der Waals surface area contributed by atoms with Gasteiger partial charge in [-0.25, -0.2) is 9.78 Å². The summed E-state index contributed by atoms with van der Waals surface area (Å²) in [7, 11) is 2.87. The molecular weight excluding hydrogens is 258 g/mol. The van der Waals surface area contributed by atoms with Crippen LogP contribution in [0, 0.1) is 0 Å². The van der Waals surface area contributed by atoms with Crippen LogP contribution in [0.3, 0.4) is 0 Å². The fourth-order valence-corrected chi connectivity index (χ4v) is 2.09. The number of nitrogen functional groups attached to an aromatic ring is 1. The molecule has 6 nitrogen and oxygen atoms in total. The van der Waals surface area contributed by atoms with Gasteiger partial charge in [0.25, 0.3) is 0 Å². The van der Waals surface area contributed by atoms with Crippen molar-refractivity contribution in [3.63, 3.8) is 0 Å². The Morgan fingerprint density at radius 3 is 2.85 bits per heavy atom. The molecule has 20 heavy (non-hydrogen) atoms. The number of nitrogens with two attached hydrogens (primary N) is 1. The number of allylic oxidation sites excluding steroid dienone is 1. The third kappa shape index (κ3) is 2.32. The van der Waals surface area contributed by atoms with Gasteiger partial charge >= 0.3 is 5.97 Å². The number of methoxy groups -OCH3 is 2. The van der Waals surface area contributed by atoms with Gasteiger partial charge < -0.3 is 19.8 Å². The number of aryl methyl sites for hydroxylation is 1. The van der Waals surface area contributed by atoms with Crippen molar-refractivity contribution in [3.05, 3.63) is 30.4 Å². The molecule has 0 saturated carbocycles. The highest BCUT2D eigenvalue weighted by atomic mass is 16.5. The molecule has 0 bridgehead atoms. The van der Waals surface area contributed by atoms with Crippen molar-refractivity contribution in [2.24, 2.45) is 0 Å². The van der Waals surface area contributed by atoms with Crippen molar-refractivity contribution < 1.29 is 14.3 Å². The van der Waals surface area contributed by atoms with E-state index in [9.17, 15) is 4.79 Å². The van der Waals surface area contributed by atoms with Crippen LogP contribution in [0.1, 0.15) is 16.8 Å². The van der Waals surface area contributed by atoms with Crippen molar-refractivity contribution >= 4 is 23.0 Å². The number of carbonyl (C=O) groups excluding carboxylic acids is 1. The number of rotatable bonds is 5. The van der Waals surface area contributed by atoms with E-state index in [0.717, 1.165) is 11.9 Å². The van der Waals surface area contributed by atoms with Crippen LogP contribution in [0.15, 0.2) is 24.8 Å². The maximum atomic E-state index is 11.6. The number of hydrogen-bond acceptors (Lipinski definition) is 5. The van der Waals surface area contributed by atoms with Gasteiger partial charge in [-0.2, -0.15) is 0 Å². The zero-order chi connectivity index (χ0) is 14.7. The smallest absolute Gasteiger partial charge is 0.338 e. The lowest BCUT2D eigenvalue weighted by Crippen LogP contribution is -2.05. The van der Waals surface area contributed by atoms with E-state index in [1.807, 2.05) is 4.57 Å². The first kappa shape index (κ1) is 13.9. The van der Waals surface area contributed by atoms with Crippen molar-refractivity contribution in [1.82, 2.24) is 9.55 Å². The molecule has 0 fully saturated rings. The predicted octanol–water partition coefficient (Wildman–Crippen LogP) is 1.99. The van der Waals surface area contributed by atoms with E-state index in [4.69, 9.17) is 15.2 Å². The third-order valence-electron chi connectivity index (χ3n) is 3.03. The minimum atomic E-state index is -0.440. The molecule has 106 valence electrons. The molecule has 0 aliphatic heterocycles. The fourth-order valence-electron chi connectivity index (χ4n) is 2.09. The number of benzene rings is 1. The van der Waals surface area contributed by atoms with Gasteiger partial charge in [0.2, 0.25) is 5.95 Å². The predicted molar refractivity (Wildman–Crippen MR) is 76.9 cm³/mol. The molecule has 2 rings (SSSR count). The third-order valence-corrected chi connectivity index (χ3v) is 3.03. The van der Waals surface area contributed by atoms with E-state index >= 15 is 0 Å².